The first-order valence-electron chi connectivity index (χ1n) is 7.75. The maximum Gasteiger partial charge on any atom is 0.303 e. The van der Waals surface area contributed by atoms with Crippen LogP contribution in [0.25, 0.3) is 0 Å². The Bertz CT molecular complexity index is 507. The number of ether oxygens (including phenoxy) is 7. The van der Waals surface area contributed by atoms with Crippen molar-refractivity contribution < 1.29 is 47.5 Å². The van der Waals surface area contributed by atoms with Crippen LogP contribution in [0.4, 0.5) is 0 Å². The molecular weight excluding hydrogens is 340 g/mol. The second-order valence-electron chi connectivity index (χ2n) is 5.62. The molecular formula is C15H22O10. The number of methoxy groups -OCH3 is 1. The highest BCUT2D eigenvalue weighted by Gasteiger charge is 2.55. The van der Waals surface area contributed by atoms with Crippen molar-refractivity contribution in [1.82, 2.24) is 0 Å². The predicted molar refractivity (Wildman–Crippen MR) is 78.0 cm³/mol. The summed E-state index contributed by atoms with van der Waals surface area (Å²) < 4.78 is 37.4. The number of esters is 3. The van der Waals surface area contributed by atoms with Gasteiger partial charge in [-0.2, -0.15) is 0 Å². The summed E-state index contributed by atoms with van der Waals surface area (Å²) in [5.41, 5.74) is 0. The van der Waals surface area contributed by atoms with Crippen LogP contribution in [-0.2, 0) is 47.5 Å². The molecule has 0 aromatic rings. The Kier molecular flexibility index (Phi) is 6.71. The molecule has 0 spiro atoms. The Morgan fingerprint density at radius 3 is 2.04 bits per heavy atom. The van der Waals surface area contributed by atoms with Gasteiger partial charge in [-0.3, -0.25) is 14.4 Å². The third-order valence-electron chi connectivity index (χ3n) is 3.54. The minimum absolute atomic E-state index is 0.135. The molecule has 0 N–H and O–H groups in total. The van der Waals surface area contributed by atoms with E-state index in [0.29, 0.717) is 0 Å². The topological polar surface area (TPSA) is 116 Å². The van der Waals surface area contributed by atoms with Crippen molar-refractivity contribution in [3.63, 3.8) is 0 Å². The molecule has 0 aliphatic carbocycles. The van der Waals surface area contributed by atoms with Crippen molar-refractivity contribution in [3.05, 3.63) is 0 Å². The number of carbonyl (C=O) groups excluding carboxylic acids is 3. The van der Waals surface area contributed by atoms with Crippen LogP contribution >= 0.6 is 0 Å². The second-order valence-corrected chi connectivity index (χ2v) is 5.62. The number of fused-ring (bicyclic) bond motifs is 1. The number of carbonyl (C=O) groups is 3. The van der Waals surface area contributed by atoms with E-state index in [1.165, 1.54) is 27.9 Å². The predicted octanol–water partition coefficient (Wildman–Crippen LogP) is -0.474. The largest absolute Gasteiger partial charge is 0.463 e. The van der Waals surface area contributed by atoms with Crippen molar-refractivity contribution in [3.8, 4) is 0 Å². The molecule has 2 aliphatic rings. The van der Waals surface area contributed by atoms with E-state index in [4.69, 9.17) is 33.2 Å². The Balaban J connectivity index is 2.23. The maximum atomic E-state index is 11.5. The molecule has 0 bridgehead atoms. The molecule has 2 fully saturated rings. The van der Waals surface area contributed by atoms with Gasteiger partial charge in [0.15, 0.2) is 30.9 Å². The molecule has 2 saturated heterocycles. The molecule has 2 heterocycles. The van der Waals surface area contributed by atoms with E-state index in [0.717, 1.165) is 0 Å². The van der Waals surface area contributed by atoms with Crippen LogP contribution in [0.1, 0.15) is 20.8 Å². The number of hydrogen-bond acceptors (Lipinski definition) is 10. The lowest BCUT2D eigenvalue weighted by atomic mass is 9.98. The van der Waals surface area contributed by atoms with Gasteiger partial charge in [0.1, 0.15) is 12.7 Å². The van der Waals surface area contributed by atoms with E-state index in [9.17, 15) is 14.4 Å². The fourth-order valence-electron chi connectivity index (χ4n) is 2.70. The smallest absolute Gasteiger partial charge is 0.303 e. The minimum Gasteiger partial charge on any atom is -0.463 e. The van der Waals surface area contributed by atoms with Crippen molar-refractivity contribution in [2.75, 3.05) is 20.3 Å². The van der Waals surface area contributed by atoms with Gasteiger partial charge in [-0.05, 0) is 0 Å². The molecule has 142 valence electrons. The molecule has 0 aromatic heterocycles. The Labute approximate surface area is 144 Å². The summed E-state index contributed by atoms with van der Waals surface area (Å²) in [4.78, 5) is 34.1. The van der Waals surface area contributed by atoms with Crippen LogP contribution in [0.15, 0.2) is 0 Å². The fraction of sp³-hybridized carbons (Fsp3) is 0.800. The lowest BCUT2D eigenvalue weighted by molar-refractivity contribution is -0.264. The van der Waals surface area contributed by atoms with Gasteiger partial charge in [0.2, 0.25) is 0 Å². The van der Waals surface area contributed by atoms with Crippen molar-refractivity contribution in [2.45, 2.75) is 57.8 Å². The van der Waals surface area contributed by atoms with E-state index in [2.05, 4.69) is 0 Å². The quantitative estimate of drug-likeness (QED) is 0.453. The highest BCUT2D eigenvalue weighted by Crippen LogP contribution is 2.34. The summed E-state index contributed by atoms with van der Waals surface area (Å²) in [5.74, 6) is -1.73. The van der Waals surface area contributed by atoms with Gasteiger partial charge in [-0.1, -0.05) is 0 Å². The average Bonchev–Trinajstić information content (AvgIpc) is 2.89. The van der Waals surface area contributed by atoms with Crippen LogP contribution in [0, 0.1) is 0 Å². The van der Waals surface area contributed by atoms with Gasteiger partial charge in [0.05, 0.1) is 6.61 Å². The van der Waals surface area contributed by atoms with Crippen molar-refractivity contribution in [1.29, 1.82) is 0 Å². The zero-order valence-corrected chi connectivity index (χ0v) is 14.5. The SMILES string of the molecule is COCC1O[C@H]2O[C@H](COC(C)=O)[C@@H](OC(C)=O)[C@H](OC(C)=O)[C@H]2O1. The Hall–Kier alpha value is -1.75. The molecule has 10 nitrogen and oxygen atoms in total. The van der Waals surface area contributed by atoms with E-state index in [1.54, 1.807) is 0 Å². The van der Waals surface area contributed by atoms with Gasteiger partial charge < -0.3 is 33.2 Å². The Morgan fingerprint density at radius 2 is 1.48 bits per heavy atom. The minimum atomic E-state index is -1.02. The number of hydrogen-bond donors (Lipinski definition) is 0. The average molecular weight is 362 g/mol. The summed E-state index contributed by atoms with van der Waals surface area (Å²) in [6.45, 7) is 3.60. The molecule has 2 rings (SSSR count). The van der Waals surface area contributed by atoms with Crippen LogP contribution in [-0.4, -0.2) is 75.2 Å². The monoisotopic (exact) mass is 362 g/mol. The first-order chi connectivity index (χ1) is 11.8. The van der Waals surface area contributed by atoms with Gasteiger partial charge in [-0.15, -0.1) is 0 Å². The molecule has 10 heteroatoms. The molecule has 1 unspecified atom stereocenters. The fourth-order valence-corrected chi connectivity index (χ4v) is 2.70. The molecule has 6 atom stereocenters. The highest BCUT2D eigenvalue weighted by molar-refractivity contribution is 5.67. The first kappa shape index (κ1) is 19.6. The first-order valence-corrected chi connectivity index (χ1v) is 7.75. The van der Waals surface area contributed by atoms with Gasteiger partial charge in [0.25, 0.3) is 0 Å². The maximum absolute atomic E-state index is 11.5. The van der Waals surface area contributed by atoms with Crippen molar-refractivity contribution in [2.24, 2.45) is 0 Å². The van der Waals surface area contributed by atoms with Gasteiger partial charge in [0, 0.05) is 27.9 Å². The zero-order valence-electron chi connectivity index (χ0n) is 14.5. The lowest BCUT2D eigenvalue weighted by Gasteiger charge is -2.40. The normalized spacial score (nSPS) is 34.1. The summed E-state index contributed by atoms with van der Waals surface area (Å²) >= 11 is 0. The molecule has 0 radical (unpaired) electrons. The summed E-state index contributed by atoms with van der Waals surface area (Å²) in [6.07, 6.45) is -5.33. The van der Waals surface area contributed by atoms with Crippen LogP contribution in [0.5, 0.6) is 0 Å². The van der Waals surface area contributed by atoms with Crippen molar-refractivity contribution >= 4 is 17.9 Å². The molecule has 2 aliphatic heterocycles. The molecule has 0 aromatic carbocycles. The van der Waals surface area contributed by atoms with Gasteiger partial charge in [-0.25, -0.2) is 0 Å². The highest BCUT2D eigenvalue weighted by atomic mass is 16.8. The van der Waals surface area contributed by atoms with Crippen LogP contribution < -0.4 is 0 Å². The third-order valence-corrected chi connectivity index (χ3v) is 3.54. The molecule has 0 amide bonds. The zero-order chi connectivity index (χ0) is 18.6. The van der Waals surface area contributed by atoms with E-state index >= 15 is 0 Å². The Morgan fingerprint density at radius 1 is 0.840 bits per heavy atom. The van der Waals surface area contributed by atoms with E-state index < -0.39 is 54.9 Å². The van der Waals surface area contributed by atoms with Gasteiger partial charge >= 0.3 is 17.9 Å². The van der Waals surface area contributed by atoms with Crippen LogP contribution in [0.2, 0.25) is 0 Å². The van der Waals surface area contributed by atoms with E-state index in [1.807, 2.05) is 0 Å². The summed E-state index contributed by atoms with van der Waals surface area (Å²) in [7, 11) is 1.48. The standard InChI is InChI=1S/C15H22O10/c1-7(16)20-5-10-12(21-8(2)17)13(22-9(3)18)14-15(23-10)25-11(24-14)6-19-4/h10-15H,5-6H2,1-4H3/t10-,11?,12-,13+,14-,15-/m1/s1. The van der Waals surface area contributed by atoms with Crippen LogP contribution in [0.3, 0.4) is 0 Å². The third kappa shape index (κ3) is 5.11. The molecule has 0 saturated carbocycles. The number of rotatable bonds is 6. The summed E-state index contributed by atoms with van der Waals surface area (Å²) in [5, 5.41) is 0. The lowest BCUT2D eigenvalue weighted by Crippen LogP contribution is -2.60. The summed E-state index contributed by atoms with van der Waals surface area (Å²) in [6, 6.07) is 0. The second kappa shape index (κ2) is 8.56. The molecule has 25 heavy (non-hydrogen) atoms. The van der Waals surface area contributed by atoms with E-state index in [-0.39, 0.29) is 13.2 Å².